The van der Waals surface area contributed by atoms with Gasteiger partial charge in [0, 0.05) is 16.5 Å². The first kappa shape index (κ1) is 9.97. The summed E-state index contributed by atoms with van der Waals surface area (Å²) < 4.78 is 5.28. The summed E-state index contributed by atoms with van der Waals surface area (Å²) in [6.45, 7) is 1.95. The van der Waals surface area contributed by atoms with Crippen molar-refractivity contribution in [3.05, 3.63) is 35.5 Å². The quantitative estimate of drug-likeness (QED) is 0.748. The summed E-state index contributed by atoms with van der Waals surface area (Å²) in [4.78, 5) is 1.42. The molecular weight excluding hydrogens is 218 g/mol. The number of thioether (sulfide) groups is 1. The van der Waals surface area contributed by atoms with E-state index in [1.807, 2.05) is 24.8 Å². The van der Waals surface area contributed by atoms with Gasteiger partial charge in [0.2, 0.25) is 0 Å². The predicted octanol–water partition coefficient (Wildman–Crippen LogP) is 3.69. The second-order valence-electron chi connectivity index (χ2n) is 4.11. The van der Waals surface area contributed by atoms with E-state index < -0.39 is 0 Å². The third kappa shape index (κ3) is 1.76. The topological polar surface area (TPSA) is 26.0 Å². The lowest BCUT2D eigenvalue weighted by Crippen LogP contribution is -1.98. The molecule has 1 aromatic carbocycles. The van der Waals surface area contributed by atoms with Crippen molar-refractivity contribution in [3.8, 4) is 11.3 Å². The first-order valence-electron chi connectivity index (χ1n) is 5.52. The minimum absolute atomic E-state index is 0.871. The highest BCUT2D eigenvalue weighted by Crippen LogP contribution is 2.33. The van der Waals surface area contributed by atoms with E-state index in [0.717, 1.165) is 17.0 Å². The number of hydrogen-bond acceptors (Lipinski definition) is 3. The fraction of sp³-hybridized carbons (Fsp3) is 0.308. The van der Waals surface area contributed by atoms with Crippen LogP contribution in [-0.2, 0) is 6.42 Å². The average Bonchev–Trinajstić information content (AvgIpc) is 2.75. The fourth-order valence-electron chi connectivity index (χ4n) is 2.01. The third-order valence-corrected chi connectivity index (χ3v) is 4.02. The van der Waals surface area contributed by atoms with Crippen LogP contribution in [0, 0.1) is 6.92 Å². The molecule has 0 bridgehead atoms. The first-order valence-corrected chi connectivity index (χ1v) is 6.51. The van der Waals surface area contributed by atoms with E-state index in [0.29, 0.717) is 0 Å². The Morgan fingerprint density at radius 3 is 3.06 bits per heavy atom. The van der Waals surface area contributed by atoms with Crippen molar-refractivity contribution in [3.63, 3.8) is 0 Å². The van der Waals surface area contributed by atoms with Gasteiger partial charge >= 0.3 is 0 Å². The van der Waals surface area contributed by atoms with E-state index in [4.69, 9.17) is 4.52 Å². The number of rotatable bonds is 1. The van der Waals surface area contributed by atoms with Gasteiger partial charge in [-0.05, 0) is 43.2 Å². The highest BCUT2D eigenvalue weighted by molar-refractivity contribution is 7.99. The molecule has 0 aliphatic carbocycles. The van der Waals surface area contributed by atoms with E-state index in [1.165, 1.54) is 29.1 Å². The van der Waals surface area contributed by atoms with Crippen molar-refractivity contribution in [1.82, 2.24) is 5.16 Å². The van der Waals surface area contributed by atoms with E-state index in [9.17, 15) is 0 Å². The Bertz CT molecular complexity index is 518. The van der Waals surface area contributed by atoms with Crippen LogP contribution in [0.25, 0.3) is 11.3 Å². The lowest BCUT2D eigenvalue weighted by Gasteiger charge is -2.15. The molecular formula is C13H13NOS. The lowest BCUT2D eigenvalue weighted by molar-refractivity contribution is 0.427. The summed E-state index contributed by atoms with van der Waals surface area (Å²) in [5, 5.41) is 3.92. The number of hydrogen-bond donors (Lipinski definition) is 0. The largest absolute Gasteiger partial charge is 0.356 e. The first-order chi connectivity index (χ1) is 7.83. The molecule has 0 spiro atoms. The van der Waals surface area contributed by atoms with E-state index in [1.54, 1.807) is 0 Å². The van der Waals surface area contributed by atoms with Crippen LogP contribution in [0.1, 0.15) is 17.7 Å². The lowest BCUT2D eigenvalue weighted by atomic mass is 10.0. The molecule has 2 nitrogen and oxygen atoms in total. The summed E-state index contributed by atoms with van der Waals surface area (Å²) in [5.74, 6) is 2.11. The summed E-state index contributed by atoms with van der Waals surface area (Å²) in [5.41, 5.74) is 3.52. The highest BCUT2D eigenvalue weighted by Gasteiger charge is 2.12. The molecule has 2 aromatic rings. The predicted molar refractivity (Wildman–Crippen MR) is 65.7 cm³/mol. The Balaban J connectivity index is 2.02. The van der Waals surface area contributed by atoms with Gasteiger partial charge in [0.15, 0.2) is 5.76 Å². The summed E-state index contributed by atoms with van der Waals surface area (Å²) in [6, 6.07) is 8.54. The van der Waals surface area contributed by atoms with Crippen molar-refractivity contribution >= 4 is 11.8 Å². The number of fused-ring (bicyclic) bond motifs is 1. The Morgan fingerprint density at radius 2 is 2.25 bits per heavy atom. The van der Waals surface area contributed by atoms with E-state index >= 15 is 0 Å². The summed E-state index contributed by atoms with van der Waals surface area (Å²) >= 11 is 1.95. The normalized spacial score (nSPS) is 14.8. The molecule has 3 rings (SSSR count). The number of aromatic nitrogens is 1. The summed E-state index contributed by atoms with van der Waals surface area (Å²) in [7, 11) is 0. The van der Waals surface area contributed by atoms with Gasteiger partial charge in [-0.1, -0.05) is 11.2 Å². The molecule has 0 unspecified atom stereocenters. The molecule has 2 heterocycles. The van der Waals surface area contributed by atoms with Crippen LogP contribution in [0.5, 0.6) is 0 Å². The van der Waals surface area contributed by atoms with Crippen LogP contribution >= 0.6 is 11.8 Å². The van der Waals surface area contributed by atoms with Crippen molar-refractivity contribution < 1.29 is 4.52 Å². The molecule has 16 heavy (non-hydrogen) atoms. The molecule has 1 aromatic heterocycles. The second kappa shape index (κ2) is 3.98. The maximum Gasteiger partial charge on any atom is 0.167 e. The van der Waals surface area contributed by atoms with Gasteiger partial charge in [-0.3, -0.25) is 0 Å². The van der Waals surface area contributed by atoms with Crippen LogP contribution in [0.2, 0.25) is 0 Å². The van der Waals surface area contributed by atoms with Crippen molar-refractivity contribution in [2.45, 2.75) is 24.7 Å². The van der Waals surface area contributed by atoms with Gasteiger partial charge in [0.25, 0.3) is 0 Å². The van der Waals surface area contributed by atoms with Crippen LogP contribution < -0.4 is 0 Å². The van der Waals surface area contributed by atoms with Crippen LogP contribution in [-0.4, -0.2) is 10.9 Å². The molecule has 0 saturated heterocycles. The number of aryl methyl sites for hydroxylation is 2. The zero-order valence-electron chi connectivity index (χ0n) is 9.19. The van der Waals surface area contributed by atoms with Gasteiger partial charge in [-0.2, -0.15) is 0 Å². The molecule has 0 N–H and O–H groups in total. The molecule has 0 fully saturated rings. The minimum atomic E-state index is 0.871. The average molecular weight is 231 g/mol. The molecule has 3 heteroatoms. The SMILES string of the molecule is Cc1cc(-c2ccc3c(c2)CCCS3)on1. The molecule has 1 aliphatic rings. The van der Waals surface area contributed by atoms with Crippen molar-refractivity contribution in [2.75, 3.05) is 5.75 Å². The molecule has 0 atom stereocenters. The third-order valence-electron chi connectivity index (χ3n) is 2.82. The number of benzene rings is 1. The monoisotopic (exact) mass is 231 g/mol. The van der Waals surface area contributed by atoms with E-state index in [-0.39, 0.29) is 0 Å². The maximum absolute atomic E-state index is 5.28. The Hall–Kier alpha value is -1.22. The van der Waals surface area contributed by atoms with Gasteiger partial charge in [0.1, 0.15) is 0 Å². The molecule has 82 valence electrons. The van der Waals surface area contributed by atoms with Gasteiger partial charge in [0.05, 0.1) is 5.69 Å². The number of nitrogens with zero attached hydrogens (tertiary/aromatic N) is 1. The van der Waals surface area contributed by atoms with Crippen molar-refractivity contribution in [1.29, 1.82) is 0 Å². The Morgan fingerprint density at radius 1 is 1.31 bits per heavy atom. The summed E-state index contributed by atoms with van der Waals surface area (Å²) in [6.07, 6.45) is 2.46. The fourth-order valence-corrected chi connectivity index (χ4v) is 3.03. The molecule has 1 aliphatic heterocycles. The Labute approximate surface area is 99.0 Å². The maximum atomic E-state index is 5.28. The molecule has 0 radical (unpaired) electrons. The van der Waals surface area contributed by atoms with Gasteiger partial charge < -0.3 is 4.52 Å². The smallest absolute Gasteiger partial charge is 0.167 e. The van der Waals surface area contributed by atoms with Crippen LogP contribution in [0.15, 0.2) is 33.7 Å². The minimum Gasteiger partial charge on any atom is -0.356 e. The van der Waals surface area contributed by atoms with Crippen LogP contribution in [0.4, 0.5) is 0 Å². The van der Waals surface area contributed by atoms with Gasteiger partial charge in [-0.25, -0.2) is 0 Å². The second-order valence-corrected chi connectivity index (χ2v) is 5.24. The molecule has 0 amide bonds. The zero-order valence-corrected chi connectivity index (χ0v) is 10.0. The van der Waals surface area contributed by atoms with Crippen LogP contribution in [0.3, 0.4) is 0 Å². The van der Waals surface area contributed by atoms with E-state index in [2.05, 4.69) is 23.4 Å². The molecule has 0 saturated carbocycles. The van der Waals surface area contributed by atoms with Gasteiger partial charge in [-0.15, -0.1) is 11.8 Å². The zero-order chi connectivity index (χ0) is 11.0. The highest BCUT2D eigenvalue weighted by atomic mass is 32.2. The van der Waals surface area contributed by atoms with Crippen molar-refractivity contribution in [2.24, 2.45) is 0 Å². The Kier molecular flexibility index (Phi) is 2.48. The standard InChI is InChI=1S/C13H13NOS/c1-9-7-12(15-14-9)10-4-5-13-11(8-10)3-2-6-16-13/h4-5,7-8H,2-3,6H2,1H3.